The van der Waals surface area contributed by atoms with Gasteiger partial charge < -0.3 is 19.5 Å². The SMILES string of the molecule is O=C(N1CCC(O)CC1)N1CC(c2ccc(C(F)(F)F)cc2)CC(c2cn(-c3cccnc3)cn2)C1. The highest BCUT2D eigenvalue weighted by Crippen LogP contribution is 2.37. The molecule has 2 aliphatic rings. The second kappa shape index (κ2) is 9.93. The number of hydrogen-bond acceptors (Lipinski definition) is 4. The van der Waals surface area contributed by atoms with Crippen LogP contribution in [0.15, 0.2) is 61.3 Å². The summed E-state index contributed by atoms with van der Waals surface area (Å²) >= 11 is 0. The van der Waals surface area contributed by atoms with Crippen molar-refractivity contribution in [3.63, 3.8) is 0 Å². The van der Waals surface area contributed by atoms with Gasteiger partial charge in [-0.2, -0.15) is 13.2 Å². The zero-order chi connectivity index (χ0) is 25.3. The number of hydrogen-bond donors (Lipinski definition) is 1. The number of urea groups is 1. The first kappa shape index (κ1) is 24.3. The molecule has 2 saturated heterocycles. The number of alkyl halides is 3. The van der Waals surface area contributed by atoms with Gasteiger partial charge in [0.15, 0.2) is 0 Å². The zero-order valence-corrected chi connectivity index (χ0v) is 19.7. The zero-order valence-electron chi connectivity index (χ0n) is 19.7. The highest BCUT2D eigenvalue weighted by Gasteiger charge is 2.36. The van der Waals surface area contributed by atoms with Gasteiger partial charge in [0.25, 0.3) is 0 Å². The van der Waals surface area contributed by atoms with Gasteiger partial charge in [-0.05, 0) is 49.1 Å². The third-order valence-electron chi connectivity index (χ3n) is 7.13. The van der Waals surface area contributed by atoms with Crippen LogP contribution in [-0.2, 0) is 6.18 Å². The lowest BCUT2D eigenvalue weighted by molar-refractivity contribution is -0.137. The van der Waals surface area contributed by atoms with Crippen LogP contribution in [0.25, 0.3) is 5.69 Å². The van der Waals surface area contributed by atoms with E-state index in [0.29, 0.717) is 45.4 Å². The van der Waals surface area contributed by atoms with Crippen LogP contribution in [0, 0.1) is 0 Å². The summed E-state index contributed by atoms with van der Waals surface area (Å²) in [4.78, 5) is 25.7. The number of pyridine rings is 1. The van der Waals surface area contributed by atoms with E-state index in [-0.39, 0.29) is 24.0 Å². The standard InChI is InChI=1S/C26H28F3N5O2/c27-26(28,29)21-5-3-18(4-6-21)19-12-20(24-16-34(17-31-24)22-2-1-9-30-13-22)15-33(14-19)25(36)32-10-7-23(35)8-11-32/h1-6,9,13,16-17,19-20,23,35H,7-8,10-12,14-15H2. The Balaban J connectivity index is 1.41. The molecule has 2 unspecified atom stereocenters. The van der Waals surface area contributed by atoms with Crippen molar-refractivity contribution < 1.29 is 23.1 Å². The molecule has 2 atom stereocenters. The smallest absolute Gasteiger partial charge is 0.393 e. The van der Waals surface area contributed by atoms with Crippen molar-refractivity contribution >= 4 is 6.03 Å². The number of aromatic nitrogens is 3. The van der Waals surface area contributed by atoms with Gasteiger partial charge in [0.05, 0.1) is 35.6 Å². The molecule has 1 N–H and O–H groups in total. The van der Waals surface area contributed by atoms with E-state index in [9.17, 15) is 23.1 Å². The fraction of sp³-hybridized carbons (Fsp3) is 0.423. The molecule has 7 nitrogen and oxygen atoms in total. The van der Waals surface area contributed by atoms with Crippen LogP contribution < -0.4 is 0 Å². The molecule has 0 spiro atoms. The maximum Gasteiger partial charge on any atom is 0.416 e. The van der Waals surface area contributed by atoms with Crippen LogP contribution >= 0.6 is 0 Å². The molecule has 10 heteroatoms. The Hall–Kier alpha value is -3.40. The molecule has 1 aromatic carbocycles. The average Bonchev–Trinajstić information content (AvgIpc) is 3.39. The summed E-state index contributed by atoms with van der Waals surface area (Å²) in [6.45, 7) is 1.87. The Morgan fingerprint density at radius 3 is 2.39 bits per heavy atom. The van der Waals surface area contributed by atoms with Crippen molar-refractivity contribution in [1.82, 2.24) is 24.3 Å². The molecule has 36 heavy (non-hydrogen) atoms. The first-order chi connectivity index (χ1) is 17.3. The third kappa shape index (κ3) is 5.23. The lowest BCUT2D eigenvalue weighted by Crippen LogP contribution is -2.51. The molecular formula is C26H28F3N5O2. The van der Waals surface area contributed by atoms with Crippen LogP contribution in [0.2, 0.25) is 0 Å². The first-order valence-corrected chi connectivity index (χ1v) is 12.1. The second-order valence-corrected chi connectivity index (χ2v) is 9.57. The highest BCUT2D eigenvalue weighted by atomic mass is 19.4. The van der Waals surface area contributed by atoms with Gasteiger partial charge >= 0.3 is 12.2 Å². The van der Waals surface area contributed by atoms with Crippen molar-refractivity contribution in [3.05, 3.63) is 78.1 Å². The summed E-state index contributed by atoms with van der Waals surface area (Å²) in [5.41, 5.74) is 1.77. The molecular weight excluding hydrogens is 471 g/mol. The summed E-state index contributed by atoms with van der Waals surface area (Å²) in [6, 6.07) is 8.91. The Morgan fingerprint density at radius 2 is 1.72 bits per heavy atom. The second-order valence-electron chi connectivity index (χ2n) is 9.57. The number of piperidine rings is 2. The Labute approximate surface area is 207 Å². The molecule has 0 radical (unpaired) electrons. The summed E-state index contributed by atoms with van der Waals surface area (Å²) in [7, 11) is 0. The topological polar surface area (TPSA) is 74.5 Å². The monoisotopic (exact) mass is 499 g/mol. The summed E-state index contributed by atoms with van der Waals surface area (Å²) in [6.07, 6.45) is 4.04. The van der Waals surface area contributed by atoms with Gasteiger partial charge in [0.1, 0.15) is 0 Å². The number of rotatable bonds is 3. The van der Waals surface area contributed by atoms with E-state index in [1.54, 1.807) is 28.5 Å². The van der Waals surface area contributed by atoms with E-state index in [2.05, 4.69) is 9.97 Å². The minimum absolute atomic E-state index is 0.0803. The molecule has 2 fully saturated rings. The number of carbonyl (C=O) groups is 1. The Morgan fingerprint density at radius 1 is 1.00 bits per heavy atom. The molecule has 2 aliphatic heterocycles. The number of imidazole rings is 1. The molecule has 4 heterocycles. The van der Waals surface area contributed by atoms with Crippen molar-refractivity contribution in [2.75, 3.05) is 26.2 Å². The Bertz CT molecular complexity index is 1170. The van der Waals surface area contributed by atoms with Crippen LogP contribution in [-0.4, -0.2) is 67.8 Å². The van der Waals surface area contributed by atoms with E-state index >= 15 is 0 Å². The first-order valence-electron chi connectivity index (χ1n) is 12.1. The normalized spacial score (nSPS) is 21.6. The lowest BCUT2D eigenvalue weighted by Gasteiger charge is -2.41. The van der Waals surface area contributed by atoms with Crippen LogP contribution in [0.3, 0.4) is 0 Å². The number of halogens is 3. The fourth-order valence-electron chi connectivity index (χ4n) is 5.11. The van der Waals surface area contributed by atoms with Crippen molar-refractivity contribution in [2.24, 2.45) is 0 Å². The van der Waals surface area contributed by atoms with Crippen molar-refractivity contribution in [1.29, 1.82) is 0 Å². The number of nitrogens with zero attached hydrogens (tertiary/aromatic N) is 5. The minimum Gasteiger partial charge on any atom is -0.393 e. The average molecular weight is 500 g/mol. The fourth-order valence-corrected chi connectivity index (χ4v) is 5.11. The molecule has 5 rings (SSSR count). The van der Waals surface area contributed by atoms with Crippen molar-refractivity contribution in [2.45, 2.75) is 43.4 Å². The van der Waals surface area contributed by atoms with Crippen LogP contribution in [0.5, 0.6) is 0 Å². The van der Waals surface area contributed by atoms with E-state index in [1.165, 1.54) is 12.1 Å². The predicted molar refractivity (Wildman–Crippen MR) is 127 cm³/mol. The van der Waals surface area contributed by atoms with E-state index < -0.39 is 11.7 Å². The molecule has 2 aromatic heterocycles. The number of carbonyl (C=O) groups excluding carboxylic acids is 1. The van der Waals surface area contributed by atoms with E-state index in [1.807, 2.05) is 22.9 Å². The van der Waals surface area contributed by atoms with Gasteiger partial charge in [-0.1, -0.05) is 12.1 Å². The largest absolute Gasteiger partial charge is 0.416 e. The van der Waals surface area contributed by atoms with E-state index in [4.69, 9.17) is 0 Å². The maximum atomic E-state index is 13.4. The van der Waals surface area contributed by atoms with Crippen LogP contribution in [0.4, 0.5) is 18.0 Å². The quantitative estimate of drug-likeness (QED) is 0.579. The predicted octanol–water partition coefficient (Wildman–Crippen LogP) is 4.44. The summed E-state index contributed by atoms with van der Waals surface area (Å²) in [5.74, 6) is -0.211. The van der Waals surface area contributed by atoms with Crippen molar-refractivity contribution in [3.8, 4) is 5.69 Å². The molecule has 190 valence electrons. The summed E-state index contributed by atoms with van der Waals surface area (Å²) in [5, 5.41) is 9.83. The molecule has 0 bridgehead atoms. The van der Waals surface area contributed by atoms with Gasteiger partial charge in [-0.15, -0.1) is 0 Å². The highest BCUT2D eigenvalue weighted by molar-refractivity contribution is 5.75. The molecule has 3 aromatic rings. The van der Waals surface area contributed by atoms with Gasteiger partial charge in [-0.3, -0.25) is 4.98 Å². The van der Waals surface area contributed by atoms with Crippen LogP contribution in [0.1, 0.15) is 47.9 Å². The third-order valence-corrected chi connectivity index (χ3v) is 7.13. The number of benzene rings is 1. The van der Waals surface area contributed by atoms with Gasteiger partial charge in [-0.25, -0.2) is 9.78 Å². The van der Waals surface area contributed by atoms with Gasteiger partial charge in [0, 0.05) is 50.4 Å². The van der Waals surface area contributed by atoms with E-state index in [0.717, 1.165) is 29.1 Å². The molecule has 0 saturated carbocycles. The van der Waals surface area contributed by atoms with Gasteiger partial charge in [0.2, 0.25) is 0 Å². The number of amides is 2. The summed E-state index contributed by atoms with van der Waals surface area (Å²) < 4.78 is 41.2. The number of aliphatic hydroxyl groups is 1. The molecule has 2 amide bonds. The maximum absolute atomic E-state index is 13.4. The lowest BCUT2D eigenvalue weighted by atomic mass is 9.83. The number of aliphatic hydroxyl groups excluding tert-OH is 1. The molecule has 0 aliphatic carbocycles. The Kier molecular flexibility index (Phi) is 6.70. The minimum atomic E-state index is -4.40. The number of likely N-dealkylation sites (tertiary alicyclic amines) is 2.